The van der Waals surface area contributed by atoms with Gasteiger partial charge < -0.3 is 14.0 Å². The van der Waals surface area contributed by atoms with Crippen LogP contribution in [0.2, 0.25) is 5.02 Å². The van der Waals surface area contributed by atoms with Gasteiger partial charge in [-0.2, -0.15) is 5.26 Å². The molecule has 1 aliphatic heterocycles. The molecule has 0 amide bonds. The summed E-state index contributed by atoms with van der Waals surface area (Å²) in [5.41, 5.74) is 4.02. The lowest BCUT2D eigenvalue weighted by Crippen LogP contribution is -2.15. The van der Waals surface area contributed by atoms with Crippen LogP contribution in [0.5, 0.6) is 11.5 Å². The molecule has 0 spiro atoms. The van der Waals surface area contributed by atoms with Gasteiger partial charge in [-0.15, -0.1) is 0 Å². The summed E-state index contributed by atoms with van der Waals surface area (Å²) in [7, 11) is 0. The number of fused-ring (bicyclic) bond motifs is 2. The van der Waals surface area contributed by atoms with Gasteiger partial charge in [-0.05, 0) is 30.3 Å². The highest BCUT2D eigenvalue weighted by molar-refractivity contribution is 6.32. The molecule has 136 valence electrons. The zero-order chi connectivity index (χ0) is 19.1. The monoisotopic (exact) mass is 388 g/mol. The van der Waals surface area contributed by atoms with Gasteiger partial charge in [0.05, 0.1) is 27.5 Å². The minimum Gasteiger partial charge on any atom is -0.486 e. The Kier molecular flexibility index (Phi) is 3.89. The van der Waals surface area contributed by atoms with E-state index in [9.17, 15) is 5.26 Å². The molecule has 3 heterocycles. The van der Waals surface area contributed by atoms with Crippen molar-refractivity contribution < 1.29 is 9.47 Å². The third-order valence-corrected chi connectivity index (χ3v) is 4.94. The van der Waals surface area contributed by atoms with E-state index >= 15 is 0 Å². The fourth-order valence-electron chi connectivity index (χ4n) is 3.38. The molecule has 2 aromatic heterocycles. The van der Waals surface area contributed by atoms with Crippen molar-refractivity contribution in [3.63, 3.8) is 0 Å². The molecule has 4 aromatic rings. The maximum Gasteiger partial charge on any atom is 0.162 e. The summed E-state index contributed by atoms with van der Waals surface area (Å²) < 4.78 is 13.2. The molecular formula is C21H13ClN4O2. The predicted molar refractivity (Wildman–Crippen MR) is 105 cm³/mol. The Hall–Kier alpha value is -3.56. The van der Waals surface area contributed by atoms with Crippen LogP contribution >= 0.6 is 11.6 Å². The lowest BCUT2D eigenvalue weighted by Gasteiger charge is -2.19. The standard InChI is InChI=1S/C21H13ClN4O2/c22-15-3-1-2-4-16(15)26-11-14(10-23)20-21(26)19(24-12-25-20)13-5-6-17-18(9-13)28-8-7-27-17/h1-6,9,11-12H,7-8H2. The summed E-state index contributed by atoms with van der Waals surface area (Å²) in [5.74, 6) is 1.38. The molecule has 0 saturated heterocycles. The zero-order valence-corrected chi connectivity index (χ0v) is 15.3. The van der Waals surface area contributed by atoms with E-state index in [1.807, 2.05) is 47.0 Å². The third-order valence-electron chi connectivity index (χ3n) is 4.62. The third kappa shape index (κ3) is 2.56. The van der Waals surface area contributed by atoms with Gasteiger partial charge in [0.15, 0.2) is 11.5 Å². The Labute approximate surface area is 165 Å². The molecule has 0 fully saturated rings. The minimum absolute atomic E-state index is 0.455. The van der Waals surface area contributed by atoms with Crippen LogP contribution in [0, 0.1) is 11.3 Å². The number of aromatic nitrogens is 3. The van der Waals surface area contributed by atoms with E-state index in [0.717, 1.165) is 11.3 Å². The van der Waals surface area contributed by atoms with Gasteiger partial charge in [0.1, 0.15) is 31.1 Å². The van der Waals surface area contributed by atoms with Crippen LogP contribution in [-0.4, -0.2) is 27.7 Å². The molecule has 0 saturated carbocycles. The molecule has 28 heavy (non-hydrogen) atoms. The largest absolute Gasteiger partial charge is 0.486 e. The molecule has 0 radical (unpaired) electrons. The molecule has 6 nitrogen and oxygen atoms in total. The average Bonchev–Trinajstić information content (AvgIpc) is 3.12. The Bertz CT molecular complexity index is 1260. The number of benzene rings is 2. The number of para-hydroxylation sites is 1. The first-order valence-electron chi connectivity index (χ1n) is 8.67. The molecule has 0 unspecified atom stereocenters. The number of halogens is 1. The molecule has 0 bridgehead atoms. The Morgan fingerprint density at radius 2 is 1.86 bits per heavy atom. The van der Waals surface area contributed by atoms with Crippen molar-refractivity contribution >= 4 is 22.6 Å². The summed E-state index contributed by atoms with van der Waals surface area (Å²) in [6.07, 6.45) is 3.20. The topological polar surface area (TPSA) is 73.0 Å². The maximum absolute atomic E-state index is 9.59. The second kappa shape index (κ2) is 6.55. The predicted octanol–water partition coefficient (Wildman–Crippen LogP) is 4.38. The van der Waals surface area contributed by atoms with Gasteiger partial charge >= 0.3 is 0 Å². The highest BCUT2D eigenvalue weighted by Gasteiger charge is 2.20. The Balaban J connectivity index is 1.80. The van der Waals surface area contributed by atoms with Crippen LogP contribution < -0.4 is 9.47 Å². The summed E-state index contributed by atoms with van der Waals surface area (Å²) >= 11 is 6.42. The summed E-state index contributed by atoms with van der Waals surface area (Å²) in [5, 5.41) is 10.2. The van der Waals surface area contributed by atoms with Crippen molar-refractivity contribution in [3.8, 4) is 34.5 Å². The summed E-state index contributed by atoms with van der Waals surface area (Å²) in [6.45, 7) is 1.04. The Morgan fingerprint density at radius 3 is 2.68 bits per heavy atom. The van der Waals surface area contributed by atoms with Crippen molar-refractivity contribution in [2.45, 2.75) is 0 Å². The van der Waals surface area contributed by atoms with Crippen LogP contribution in [0.1, 0.15) is 5.56 Å². The normalized spacial score (nSPS) is 12.7. The zero-order valence-electron chi connectivity index (χ0n) is 14.6. The van der Waals surface area contributed by atoms with Crippen LogP contribution in [0.15, 0.2) is 55.0 Å². The number of nitriles is 1. The first kappa shape index (κ1) is 16.6. The van der Waals surface area contributed by atoms with E-state index in [2.05, 4.69) is 16.0 Å². The summed E-state index contributed by atoms with van der Waals surface area (Å²) in [6, 6.07) is 15.4. The number of nitrogens with zero attached hydrogens (tertiary/aromatic N) is 4. The highest BCUT2D eigenvalue weighted by atomic mass is 35.5. The fraction of sp³-hybridized carbons (Fsp3) is 0.0952. The molecule has 7 heteroatoms. The molecular weight excluding hydrogens is 376 g/mol. The van der Waals surface area contributed by atoms with Crippen molar-refractivity contribution in [3.05, 3.63) is 65.6 Å². The first-order valence-corrected chi connectivity index (χ1v) is 9.05. The second-order valence-corrected chi connectivity index (χ2v) is 6.66. The van der Waals surface area contributed by atoms with Gasteiger partial charge in [0.25, 0.3) is 0 Å². The van der Waals surface area contributed by atoms with E-state index in [4.69, 9.17) is 21.1 Å². The molecule has 0 aliphatic carbocycles. The lowest BCUT2D eigenvalue weighted by atomic mass is 10.1. The quantitative estimate of drug-likeness (QED) is 0.509. The van der Waals surface area contributed by atoms with Crippen molar-refractivity contribution in [2.24, 2.45) is 0 Å². The number of ether oxygens (including phenoxy) is 2. The molecule has 2 aromatic carbocycles. The molecule has 5 rings (SSSR count). The van der Waals surface area contributed by atoms with Crippen LogP contribution in [-0.2, 0) is 0 Å². The average molecular weight is 389 g/mol. The lowest BCUT2D eigenvalue weighted by molar-refractivity contribution is 0.171. The maximum atomic E-state index is 9.59. The van der Waals surface area contributed by atoms with Crippen LogP contribution in [0.25, 0.3) is 28.0 Å². The van der Waals surface area contributed by atoms with E-state index in [-0.39, 0.29) is 0 Å². The Morgan fingerprint density at radius 1 is 1.04 bits per heavy atom. The van der Waals surface area contributed by atoms with Crippen molar-refractivity contribution in [2.75, 3.05) is 13.2 Å². The van der Waals surface area contributed by atoms with Crippen molar-refractivity contribution in [1.82, 2.24) is 14.5 Å². The van der Waals surface area contributed by atoms with Gasteiger partial charge in [0.2, 0.25) is 0 Å². The summed E-state index contributed by atoms with van der Waals surface area (Å²) in [4.78, 5) is 8.86. The fourth-order valence-corrected chi connectivity index (χ4v) is 3.61. The van der Waals surface area contributed by atoms with E-state index in [1.54, 1.807) is 6.20 Å². The highest BCUT2D eigenvalue weighted by Crippen LogP contribution is 2.37. The van der Waals surface area contributed by atoms with E-state index in [1.165, 1.54) is 6.33 Å². The van der Waals surface area contributed by atoms with Crippen LogP contribution in [0.4, 0.5) is 0 Å². The van der Waals surface area contributed by atoms with Gasteiger partial charge in [0, 0.05) is 11.8 Å². The van der Waals surface area contributed by atoms with Crippen molar-refractivity contribution in [1.29, 1.82) is 5.26 Å². The van der Waals surface area contributed by atoms with E-state index in [0.29, 0.717) is 52.0 Å². The van der Waals surface area contributed by atoms with Gasteiger partial charge in [-0.25, -0.2) is 9.97 Å². The SMILES string of the molecule is N#Cc1cn(-c2ccccc2Cl)c2c(-c3ccc4c(c3)OCCO4)ncnc12. The first-order chi connectivity index (χ1) is 13.8. The van der Waals surface area contributed by atoms with Gasteiger partial charge in [-0.1, -0.05) is 23.7 Å². The second-order valence-electron chi connectivity index (χ2n) is 6.25. The molecule has 0 N–H and O–H groups in total. The van der Waals surface area contributed by atoms with Gasteiger partial charge in [-0.3, -0.25) is 0 Å². The number of hydrogen-bond donors (Lipinski definition) is 0. The smallest absolute Gasteiger partial charge is 0.162 e. The van der Waals surface area contributed by atoms with E-state index < -0.39 is 0 Å². The minimum atomic E-state index is 0.455. The number of rotatable bonds is 2. The molecule has 1 aliphatic rings. The van der Waals surface area contributed by atoms with Crippen LogP contribution in [0.3, 0.4) is 0 Å². The number of hydrogen-bond acceptors (Lipinski definition) is 5. The molecule has 0 atom stereocenters.